The summed E-state index contributed by atoms with van der Waals surface area (Å²) in [6.07, 6.45) is 1.22. The van der Waals surface area contributed by atoms with Gasteiger partial charge in [0.2, 0.25) is 5.24 Å². The molecule has 1 fully saturated rings. The minimum Gasteiger partial charge on any atom is -0.481 e. The maximum Gasteiger partial charge on any atom is 0.306 e. The molecule has 1 rings (SSSR count). The maximum absolute atomic E-state index is 10.6. The predicted molar refractivity (Wildman–Crippen MR) is 47.7 cm³/mol. The molecule has 13 heavy (non-hydrogen) atoms. The largest absolute Gasteiger partial charge is 0.481 e. The first kappa shape index (κ1) is 10.5. The van der Waals surface area contributed by atoms with Crippen molar-refractivity contribution in [3.8, 4) is 0 Å². The normalized spacial score (nSPS) is 20.1. The predicted octanol–water partition coefficient (Wildman–Crippen LogP) is 0.548. The molecule has 0 amide bonds. The molecule has 0 aliphatic carbocycles. The molecular formula is C8H12ClNO3. The van der Waals surface area contributed by atoms with Gasteiger partial charge in [0.25, 0.3) is 0 Å². The number of aliphatic carboxylic acids is 1. The van der Waals surface area contributed by atoms with Gasteiger partial charge in [-0.25, -0.2) is 0 Å². The molecule has 1 N–H and O–H groups in total. The summed E-state index contributed by atoms with van der Waals surface area (Å²) in [4.78, 5) is 23.0. The van der Waals surface area contributed by atoms with E-state index in [1.807, 2.05) is 4.90 Å². The van der Waals surface area contributed by atoms with Crippen LogP contribution in [0.3, 0.4) is 0 Å². The number of piperidine rings is 1. The fraction of sp³-hybridized carbons (Fsp3) is 0.750. The van der Waals surface area contributed by atoms with Crippen LogP contribution in [0.1, 0.15) is 12.8 Å². The van der Waals surface area contributed by atoms with E-state index in [1.54, 1.807) is 0 Å². The summed E-state index contributed by atoms with van der Waals surface area (Å²) in [5.41, 5.74) is 0. The van der Waals surface area contributed by atoms with Crippen molar-refractivity contribution < 1.29 is 14.7 Å². The number of carboxylic acids is 1. The standard InChI is InChI=1S/C8H12ClNO3/c9-7(11)5-10-3-1-6(2-4-10)8(12)13/h6H,1-5H2,(H,12,13). The lowest BCUT2D eigenvalue weighted by Gasteiger charge is -2.28. The zero-order chi connectivity index (χ0) is 9.84. The second-order valence-corrected chi connectivity index (χ2v) is 3.67. The molecule has 0 unspecified atom stereocenters. The second kappa shape index (κ2) is 4.58. The lowest BCUT2D eigenvalue weighted by molar-refractivity contribution is -0.143. The van der Waals surface area contributed by atoms with Crippen molar-refractivity contribution in [2.24, 2.45) is 5.92 Å². The molecule has 1 aliphatic rings. The van der Waals surface area contributed by atoms with Crippen LogP contribution in [0.15, 0.2) is 0 Å². The molecule has 0 atom stereocenters. The highest BCUT2D eigenvalue weighted by atomic mass is 35.5. The number of nitrogens with zero attached hydrogens (tertiary/aromatic N) is 1. The lowest BCUT2D eigenvalue weighted by atomic mass is 9.97. The van der Waals surface area contributed by atoms with Crippen LogP contribution in [0.4, 0.5) is 0 Å². The minimum absolute atomic E-state index is 0.230. The molecule has 74 valence electrons. The van der Waals surface area contributed by atoms with Gasteiger partial charge in [0, 0.05) is 0 Å². The van der Waals surface area contributed by atoms with E-state index >= 15 is 0 Å². The highest BCUT2D eigenvalue weighted by molar-refractivity contribution is 6.64. The van der Waals surface area contributed by atoms with Gasteiger partial charge in [-0.2, -0.15) is 0 Å². The Morgan fingerprint density at radius 1 is 1.38 bits per heavy atom. The summed E-state index contributed by atoms with van der Waals surface area (Å²) in [7, 11) is 0. The van der Waals surface area contributed by atoms with E-state index in [9.17, 15) is 9.59 Å². The van der Waals surface area contributed by atoms with Crippen LogP contribution < -0.4 is 0 Å². The van der Waals surface area contributed by atoms with Crippen LogP contribution in [0.2, 0.25) is 0 Å². The number of halogens is 1. The van der Waals surface area contributed by atoms with Crippen molar-refractivity contribution in [2.45, 2.75) is 12.8 Å². The highest BCUT2D eigenvalue weighted by Gasteiger charge is 2.24. The molecule has 1 heterocycles. The number of hydrogen-bond acceptors (Lipinski definition) is 3. The molecule has 0 saturated carbocycles. The number of carbonyl (C=O) groups excluding carboxylic acids is 1. The number of likely N-dealkylation sites (tertiary alicyclic amines) is 1. The van der Waals surface area contributed by atoms with E-state index in [0.29, 0.717) is 25.9 Å². The van der Waals surface area contributed by atoms with Gasteiger partial charge in [-0.15, -0.1) is 0 Å². The highest BCUT2D eigenvalue weighted by Crippen LogP contribution is 2.16. The summed E-state index contributed by atoms with van der Waals surface area (Å²) in [6.45, 7) is 1.53. The van der Waals surface area contributed by atoms with Crippen LogP contribution in [0, 0.1) is 5.92 Å². The molecule has 0 aromatic heterocycles. The van der Waals surface area contributed by atoms with Gasteiger partial charge in [0.15, 0.2) is 0 Å². The molecular weight excluding hydrogens is 194 g/mol. The third kappa shape index (κ3) is 3.32. The first-order valence-corrected chi connectivity index (χ1v) is 4.61. The van der Waals surface area contributed by atoms with Crippen molar-refractivity contribution in [1.29, 1.82) is 0 Å². The van der Waals surface area contributed by atoms with Crippen molar-refractivity contribution in [1.82, 2.24) is 4.90 Å². The quantitative estimate of drug-likeness (QED) is 0.684. The molecule has 5 heteroatoms. The monoisotopic (exact) mass is 205 g/mol. The summed E-state index contributed by atoms with van der Waals surface area (Å²) in [5, 5.41) is 8.31. The molecule has 0 aromatic carbocycles. The van der Waals surface area contributed by atoms with Crippen LogP contribution in [-0.4, -0.2) is 40.9 Å². The summed E-state index contributed by atoms with van der Waals surface area (Å²) in [6, 6.07) is 0. The number of rotatable bonds is 3. The Morgan fingerprint density at radius 2 is 1.92 bits per heavy atom. The third-order valence-electron chi connectivity index (χ3n) is 2.28. The fourth-order valence-corrected chi connectivity index (χ4v) is 1.68. The smallest absolute Gasteiger partial charge is 0.306 e. The van der Waals surface area contributed by atoms with E-state index in [1.165, 1.54) is 0 Å². The average Bonchev–Trinajstić information content (AvgIpc) is 2.04. The Labute approximate surface area is 81.5 Å². The van der Waals surface area contributed by atoms with Crippen molar-refractivity contribution in [3.05, 3.63) is 0 Å². The van der Waals surface area contributed by atoms with Gasteiger partial charge in [0.1, 0.15) is 0 Å². The first-order valence-electron chi connectivity index (χ1n) is 4.23. The van der Waals surface area contributed by atoms with Gasteiger partial charge in [-0.3, -0.25) is 14.5 Å². The van der Waals surface area contributed by atoms with E-state index in [2.05, 4.69) is 0 Å². The van der Waals surface area contributed by atoms with Gasteiger partial charge in [0.05, 0.1) is 12.5 Å². The Morgan fingerprint density at radius 3 is 2.31 bits per heavy atom. The Balaban J connectivity index is 2.30. The Bertz CT molecular complexity index is 211. The fourth-order valence-electron chi connectivity index (χ4n) is 1.51. The minimum atomic E-state index is -0.739. The Hall–Kier alpha value is -0.610. The van der Waals surface area contributed by atoms with Crippen molar-refractivity contribution >= 4 is 22.8 Å². The molecule has 0 radical (unpaired) electrons. The zero-order valence-electron chi connectivity index (χ0n) is 7.20. The molecule has 0 aromatic rings. The first-order chi connectivity index (χ1) is 6.09. The Kier molecular flexibility index (Phi) is 3.69. The summed E-state index contributed by atoms with van der Waals surface area (Å²) >= 11 is 5.21. The zero-order valence-corrected chi connectivity index (χ0v) is 7.96. The van der Waals surface area contributed by atoms with Crippen LogP contribution >= 0.6 is 11.6 Å². The molecule has 1 saturated heterocycles. The van der Waals surface area contributed by atoms with E-state index in [0.717, 1.165) is 0 Å². The lowest BCUT2D eigenvalue weighted by Crippen LogP contribution is -2.38. The van der Waals surface area contributed by atoms with Gasteiger partial charge < -0.3 is 5.11 Å². The average molecular weight is 206 g/mol. The summed E-state index contributed by atoms with van der Waals surface area (Å²) < 4.78 is 0. The maximum atomic E-state index is 10.6. The van der Waals surface area contributed by atoms with E-state index < -0.39 is 5.97 Å². The third-order valence-corrected chi connectivity index (χ3v) is 2.40. The summed E-state index contributed by atoms with van der Waals surface area (Å²) in [5.74, 6) is -0.987. The van der Waals surface area contributed by atoms with Gasteiger partial charge in [-0.1, -0.05) is 0 Å². The van der Waals surface area contributed by atoms with Crippen molar-refractivity contribution in [3.63, 3.8) is 0 Å². The second-order valence-electron chi connectivity index (χ2n) is 3.24. The molecule has 0 bridgehead atoms. The number of carboxylic acid groups (broad SMARTS) is 1. The van der Waals surface area contributed by atoms with Crippen LogP contribution in [0.25, 0.3) is 0 Å². The SMILES string of the molecule is O=C(Cl)CN1CCC(C(=O)O)CC1. The molecule has 4 nitrogen and oxygen atoms in total. The number of hydrogen-bond donors (Lipinski definition) is 1. The van der Waals surface area contributed by atoms with Gasteiger partial charge >= 0.3 is 5.97 Å². The van der Waals surface area contributed by atoms with E-state index in [-0.39, 0.29) is 17.7 Å². The topological polar surface area (TPSA) is 57.6 Å². The van der Waals surface area contributed by atoms with E-state index in [4.69, 9.17) is 16.7 Å². The molecule has 1 aliphatic heterocycles. The van der Waals surface area contributed by atoms with Crippen molar-refractivity contribution in [2.75, 3.05) is 19.6 Å². The number of carbonyl (C=O) groups is 2. The van der Waals surface area contributed by atoms with Crippen LogP contribution in [-0.2, 0) is 9.59 Å². The molecule has 0 spiro atoms. The van der Waals surface area contributed by atoms with Crippen LogP contribution in [0.5, 0.6) is 0 Å². The van der Waals surface area contributed by atoms with Gasteiger partial charge in [-0.05, 0) is 37.5 Å².